The third kappa shape index (κ3) is 3.73. The van der Waals surface area contributed by atoms with Gasteiger partial charge in [-0.15, -0.1) is 11.8 Å². The number of nitrogens with zero attached hydrogens (tertiary/aromatic N) is 2. The zero-order valence-electron chi connectivity index (χ0n) is 17.7. The van der Waals surface area contributed by atoms with Crippen LogP contribution in [0.5, 0.6) is 5.75 Å². The molecule has 0 radical (unpaired) electrons. The highest BCUT2D eigenvalue weighted by molar-refractivity contribution is 8.02. The van der Waals surface area contributed by atoms with Crippen molar-refractivity contribution in [2.75, 3.05) is 19.8 Å². The first-order chi connectivity index (χ1) is 14.8. The summed E-state index contributed by atoms with van der Waals surface area (Å²) in [5.74, 6) is -0.741. The molecule has 4 rings (SSSR count). The molecule has 4 N–H and O–H groups in total. The van der Waals surface area contributed by atoms with Gasteiger partial charge in [0.2, 0.25) is 5.91 Å². The molecule has 31 heavy (non-hydrogen) atoms. The summed E-state index contributed by atoms with van der Waals surface area (Å²) in [6, 6.07) is 7.37. The number of carboxylic acid groups (broad SMARTS) is 1. The minimum atomic E-state index is -1.10. The van der Waals surface area contributed by atoms with E-state index >= 15 is 0 Å². The van der Waals surface area contributed by atoms with Gasteiger partial charge in [-0.2, -0.15) is 0 Å². The van der Waals surface area contributed by atoms with E-state index in [-0.39, 0.29) is 28.8 Å². The summed E-state index contributed by atoms with van der Waals surface area (Å²) in [6.07, 6.45) is 1.63. The van der Waals surface area contributed by atoms with Crippen molar-refractivity contribution in [1.82, 2.24) is 9.80 Å². The van der Waals surface area contributed by atoms with Crippen LogP contribution in [0.4, 0.5) is 0 Å². The number of carbonyl (C=O) groups is 2. The lowest BCUT2D eigenvalue weighted by molar-refractivity contribution is -0.158. The van der Waals surface area contributed by atoms with Crippen molar-refractivity contribution in [3.63, 3.8) is 0 Å². The molecule has 0 saturated carbocycles. The van der Waals surface area contributed by atoms with Gasteiger partial charge in [0.15, 0.2) is 0 Å². The van der Waals surface area contributed by atoms with Gasteiger partial charge in [-0.3, -0.25) is 14.6 Å². The van der Waals surface area contributed by atoms with Crippen LogP contribution >= 0.6 is 11.8 Å². The first kappa shape index (κ1) is 22.1. The smallest absolute Gasteiger partial charge is 0.352 e. The molecular formula is C22H29N3O5S. The van der Waals surface area contributed by atoms with Gasteiger partial charge in [-0.1, -0.05) is 19.1 Å². The molecule has 1 aromatic carbocycles. The lowest BCUT2D eigenvalue weighted by atomic mass is 9.78. The molecule has 0 aromatic heterocycles. The SMILES string of the molecule is CC1C=C(C(=O)O)N2C(=O)[C@](SC3CCN(COc4ccc(CN)cc4)C3)(C(C)O)[C@H]12. The van der Waals surface area contributed by atoms with E-state index in [4.69, 9.17) is 10.5 Å². The summed E-state index contributed by atoms with van der Waals surface area (Å²) in [5.41, 5.74) is 6.70. The van der Waals surface area contributed by atoms with E-state index in [1.165, 1.54) is 16.7 Å². The monoisotopic (exact) mass is 447 g/mol. The van der Waals surface area contributed by atoms with Gasteiger partial charge in [0.1, 0.15) is 22.9 Å². The predicted molar refractivity (Wildman–Crippen MR) is 117 cm³/mol. The maximum Gasteiger partial charge on any atom is 0.352 e. The first-order valence-corrected chi connectivity index (χ1v) is 11.4. The van der Waals surface area contributed by atoms with Crippen LogP contribution in [0.3, 0.4) is 0 Å². The van der Waals surface area contributed by atoms with E-state index < -0.39 is 16.8 Å². The average molecular weight is 448 g/mol. The molecule has 1 aromatic rings. The van der Waals surface area contributed by atoms with Crippen molar-refractivity contribution in [3.8, 4) is 5.75 Å². The van der Waals surface area contributed by atoms with Crippen LogP contribution < -0.4 is 10.5 Å². The fourth-order valence-corrected chi connectivity index (χ4v) is 6.78. The number of aliphatic carboxylic acids is 1. The highest BCUT2D eigenvalue weighted by atomic mass is 32.2. The maximum atomic E-state index is 13.1. The van der Waals surface area contributed by atoms with Crippen LogP contribution in [0.1, 0.15) is 25.8 Å². The number of carbonyl (C=O) groups excluding carboxylic acids is 1. The van der Waals surface area contributed by atoms with Gasteiger partial charge in [0.25, 0.3) is 0 Å². The summed E-state index contributed by atoms with van der Waals surface area (Å²) in [4.78, 5) is 28.1. The number of thioether (sulfide) groups is 1. The number of carboxylic acids is 1. The van der Waals surface area contributed by atoms with E-state index in [0.717, 1.165) is 30.8 Å². The Bertz CT molecular complexity index is 890. The van der Waals surface area contributed by atoms with Crippen LogP contribution in [0.25, 0.3) is 0 Å². The second-order valence-corrected chi connectivity index (χ2v) is 10.1. The molecule has 9 heteroatoms. The zero-order chi connectivity index (χ0) is 22.3. The number of aliphatic hydroxyl groups excluding tert-OH is 1. The number of rotatable bonds is 8. The van der Waals surface area contributed by atoms with E-state index in [2.05, 4.69) is 4.90 Å². The summed E-state index contributed by atoms with van der Waals surface area (Å²) in [5, 5.41) is 20.2. The predicted octanol–water partition coefficient (Wildman–Crippen LogP) is 1.24. The largest absolute Gasteiger partial charge is 0.478 e. The summed E-state index contributed by atoms with van der Waals surface area (Å²) in [6.45, 7) is 6.07. The molecule has 3 aliphatic heterocycles. The van der Waals surface area contributed by atoms with Gasteiger partial charge in [-0.05, 0) is 43.0 Å². The molecule has 2 saturated heterocycles. The Kier molecular flexibility index (Phi) is 6.04. The Morgan fingerprint density at radius 3 is 2.71 bits per heavy atom. The normalized spacial score (nSPS) is 31.2. The van der Waals surface area contributed by atoms with Crippen molar-refractivity contribution in [2.24, 2.45) is 11.7 Å². The van der Waals surface area contributed by atoms with Gasteiger partial charge in [0, 0.05) is 24.9 Å². The number of β-lactam (4-membered cyclic amide) rings is 1. The number of hydrogen-bond donors (Lipinski definition) is 3. The third-order valence-electron chi connectivity index (χ3n) is 6.45. The fraction of sp³-hybridized carbons (Fsp3) is 0.545. The Morgan fingerprint density at radius 2 is 2.10 bits per heavy atom. The molecule has 0 aliphatic carbocycles. The van der Waals surface area contributed by atoms with E-state index in [0.29, 0.717) is 13.3 Å². The fourth-order valence-electron chi connectivity index (χ4n) is 4.86. The second kappa shape index (κ2) is 8.46. The summed E-state index contributed by atoms with van der Waals surface area (Å²) >= 11 is 1.50. The minimum absolute atomic E-state index is 0.0291. The topological polar surface area (TPSA) is 116 Å². The van der Waals surface area contributed by atoms with Crippen molar-refractivity contribution < 1.29 is 24.5 Å². The lowest BCUT2D eigenvalue weighted by Crippen LogP contribution is -2.76. The van der Waals surface area contributed by atoms with E-state index in [1.807, 2.05) is 31.2 Å². The van der Waals surface area contributed by atoms with Crippen LogP contribution in [0.15, 0.2) is 36.0 Å². The number of aliphatic hydroxyl groups is 1. The lowest BCUT2D eigenvalue weighted by Gasteiger charge is -2.56. The number of amides is 1. The molecule has 1 amide bonds. The van der Waals surface area contributed by atoms with Gasteiger partial charge in [0.05, 0.1) is 12.1 Å². The summed E-state index contributed by atoms with van der Waals surface area (Å²) in [7, 11) is 0. The Labute approximate surface area is 186 Å². The number of ether oxygens (including phenoxy) is 1. The summed E-state index contributed by atoms with van der Waals surface area (Å²) < 4.78 is 4.87. The van der Waals surface area contributed by atoms with Crippen LogP contribution in [-0.2, 0) is 16.1 Å². The van der Waals surface area contributed by atoms with Gasteiger partial charge < -0.3 is 20.7 Å². The number of nitrogens with two attached hydrogens (primary N) is 1. The van der Waals surface area contributed by atoms with Crippen LogP contribution in [-0.4, -0.2) is 73.9 Å². The maximum absolute atomic E-state index is 13.1. The molecule has 0 bridgehead atoms. The zero-order valence-corrected chi connectivity index (χ0v) is 18.5. The second-order valence-electron chi connectivity index (χ2n) is 8.53. The quantitative estimate of drug-likeness (QED) is 0.510. The standard InChI is InChI=1S/C22H29N3O5S/c1-13-9-18(20(27)28)25-19(13)22(14(2)26,21(25)29)31-17-7-8-24(11-17)12-30-16-5-3-15(10-23)4-6-16/h3-6,9,13-14,17,19,26H,7-8,10-12,23H2,1-2H3,(H,27,28)/t13?,14?,17?,19-,22-/m0/s1. The molecule has 2 fully saturated rings. The van der Waals surface area contributed by atoms with Crippen molar-refractivity contribution >= 4 is 23.6 Å². The third-order valence-corrected chi connectivity index (χ3v) is 8.32. The Morgan fingerprint density at radius 1 is 1.39 bits per heavy atom. The van der Waals surface area contributed by atoms with E-state index in [1.54, 1.807) is 13.0 Å². The minimum Gasteiger partial charge on any atom is -0.478 e. The Balaban J connectivity index is 1.38. The van der Waals surface area contributed by atoms with E-state index in [9.17, 15) is 19.8 Å². The van der Waals surface area contributed by atoms with Crippen molar-refractivity contribution in [3.05, 3.63) is 41.6 Å². The van der Waals surface area contributed by atoms with Crippen LogP contribution in [0.2, 0.25) is 0 Å². The highest BCUT2D eigenvalue weighted by Crippen LogP contribution is 2.55. The van der Waals surface area contributed by atoms with Crippen molar-refractivity contribution in [2.45, 2.75) is 49.0 Å². The highest BCUT2D eigenvalue weighted by Gasteiger charge is 2.69. The Hall–Kier alpha value is -2.07. The van der Waals surface area contributed by atoms with Gasteiger partial charge >= 0.3 is 5.97 Å². The van der Waals surface area contributed by atoms with Crippen molar-refractivity contribution in [1.29, 1.82) is 0 Å². The number of benzene rings is 1. The van der Waals surface area contributed by atoms with Gasteiger partial charge in [-0.25, -0.2) is 4.79 Å². The molecule has 0 spiro atoms. The van der Waals surface area contributed by atoms with Crippen LogP contribution in [0, 0.1) is 5.92 Å². The first-order valence-electron chi connectivity index (χ1n) is 10.6. The molecule has 168 valence electrons. The molecule has 5 atom stereocenters. The number of likely N-dealkylation sites (tertiary alicyclic amines) is 1. The molecule has 3 heterocycles. The molecule has 8 nitrogen and oxygen atoms in total. The molecule has 3 unspecified atom stereocenters. The average Bonchev–Trinajstić information content (AvgIpc) is 3.32. The molecular weight excluding hydrogens is 418 g/mol. The molecule has 3 aliphatic rings. The number of hydrogen-bond acceptors (Lipinski definition) is 7. The number of fused-ring (bicyclic) bond motifs is 1.